The van der Waals surface area contributed by atoms with Crippen LogP contribution in [0.4, 0.5) is 10.1 Å². The van der Waals surface area contributed by atoms with E-state index in [1.54, 1.807) is 0 Å². The molecule has 5 rings (SSSR count). The van der Waals surface area contributed by atoms with Crippen LogP contribution in [-0.2, 0) is 9.59 Å². The molecule has 2 aromatic carbocycles. The summed E-state index contributed by atoms with van der Waals surface area (Å²) in [5.74, 6) is -1.72. The maximum Gasteiger partial charge on any atom is 0.253 e. The highest BCUT2D eigenvalue weighted by atomic mass is 35.5. The lowest BCUT2D eigenvalue weighted by molar-refractivity contribution is -0.126. The highest BCUT2D eigenvalue weighted by Gasteiger charge is 2.62. The maximum absolute atomic E-state index is 13.9. The number of carbonyl (C=O) groups is 2. The molecule has 0 aliphatic carbocycles. The van der Waals surface area contributed by atoms with E-state index in [0.717, 1.165) is 36.0 Å². The van der Waals surface area contributed by atoms with Crippen LogP contribution in [0.2, 0.25) is 5.02 Å². The largest absolute Gasteiger partial charge is 0.274 e. The summed E-state index contributed by atoms with van der Waals surface area (Å²) in [6.07, 6.45) is 0.948. The number of hydrogen-bond acceptors (Lipinski definition) is 4. The van der Waals surface area contributed by atoms with Crippen molar-refractivity contribution < 1.29 is 14.0 Å². The second kappa shape index (κ2) is 6.12. The van der Waals surface area contributed by atoms with Crippen molar-refractivity contribution in [2.75, 3.05) is 18.0 Å². The molecule has 3 aliphatic rings. The summed E-state index contributed by atoms with van der Waals surface area (Å²) in [5.41, 5.74) is 1.25. The Morgan fingerprint density at radius 2 is 1.63 bits per heavy atom. The summed E-state index contributed by atoms with van der Waals surface area (Å²) in [5, 5.41) is 4.14. The molecule has 5 nitrogen and oxygen atoms in total. The molecule has 3 aliphatic heterocycles. The summed E-state index contributed by atoms with van der Waals surface area (Å²) < 4.78 is 13.9. The third-order valence-corrected chi connectivity index (χ3v) is 6.01. The van der Waals surface area contributed by atoms with Gasteiger partial charge in [0.2, 0.25) is 5.91 Å². The topological polar surface area (TPSA) is 43.9 Å². The van der Waals surface area contributed by atoms with Crippen molar-refractivity contribution in [1.82, 2.24) is 10.0 Å². The SMILES string of the molecule is O=C1[C@@H]2[C@@H](C(=O)N1c1ccc(Cl)c(F)c1)N1CCCN1[C@@H]2c1ccccc1. The van der Waals surface area contributed by atoms with Crippen LogP contribution in [0, 0.1) is 11.7 Å². The molecule has 0 unspecified atom stereocenters. The number of carbonyl (C=O) groups excluding carboxylic acids is 2. The van der Waals surface area contributed by atoms with E-state index in [1.807, 2.05) is 35.3 Å². The first kappa shape index (κ1) is 16.9. The van der Waals surface area contributed by atoms with Crippen LogP contribution in [0.3, 0.4) is 0 Å². The highest BCUT2D eigenvalue weighted by molar-refractivity contribution is 6.31. The molecule has 3 fully saturated rings. The van der Waals surface area contributed by atoms with Gasteiger partial charge in [0.1, 0.15) is 11.9 Å². The van der Waals surface area contributed by atoms with Gasteiger partial charge >= 0.3 is 0 Å². The zero-order valence-corrected chi connectivity index (χ0v) is 15.1. The van der Waals surface area contributed by atoms with Crippen LogP contribution in [0.1, 0.15) is 18.0 Å². The summed E-state index contributed by atoms with van der Waals surface area (Å²) in [6, 6.07) is 13.1. The molecule has 0 N–H and O–H groups in total. The molecule has 0 aromatic heterocycles. The van der Waals surface area contributed by atoms with E-state index >= 15 is 0 Å². The van der Waals surface area contributed by atoms with Gasteiger partial charge in [0.25, 0.3) is 5.91 Å². The summed E-state index contributed by atoms with van der Waals surface area (Å²) in [6.45, 7) is 1.56. The van der Waals surface area contributed by atoms with E-state index < -0.39 is 17.8 Å². The van der Waals surface area contributed by atoms with Gasteiger partial charge in [0, 0.05) is 13.1 Å². The number of halogens is 2. The summed E-state index contributed by atoms with van der Waals surface area (Å²) in [4.78, 5) is 27.6. The Labute approximate surface area is 160 Å². The Hall–Kier alpha value is -2.28. The number of amides is 2. The molecular weight excluding hydrogens is 369 g/mol. The first-order valence-corrected chi connectivity index (χ1v) is 9.37. The lowest BCUT2D eigenvalue weighted by atomic mass is 9.90. The van der Waals surface area contributed by atoms with Gasteiger partial charge in [-0.1, -0.05) is 41.9 Å². The Morgan fingerprint density at radius 3 is 2.33 bits per heavy atom. The average Bonchev–Trinajstić information content (AvgIpc) is 3.31. The lowest BCUT2D eigenvalue weighted by Gasteiger charge is -2.29. The van der Waals surface area contributed by atoms with Gasteiger partial charge in [-0.3, -0.25) is 9.59 Å². The smallest absolute Gasteiger partial charge is 0.253 e. The van der Waals surface area contributed by atoms with Crippen molar-refractivity contribution in [2.24, 2.45) is 5.92 Å². The predicted octanol–water partition coefficient (Wildman–Crippen LogP) is 3.01. The monoisotopic (exact) mass is 385 g/mol. The van der Waals surface area contributed by atoms with Gasteiger partial charge < -0.3 is 0 Å². The molecule has 27 heavy (non-hydrogen) atoms. The average molecular weight is 386 g/mol. The molecular formula is C20H17ClFN3O2. The van der Waals surface area contributed by atoms with Crippen molar-refractivity contribution in [3.63, 3.8) is 0 Å². The molecule has 2 aromatic rings. The minimum absolute atomic E-state index is 0.0362. The summed E-state index contributed by atoms with van der Waals surface area (Å²) >= 11 is 5.75. The molecule has 0 bridgehead atoms. The number of benzene rings is 2. The quantitative estimate of drug-likeness (QED) is 0.745. The first-order valence-electron chi connectivity index (χ1n) is 8.99. The molecule has 0 spiro atoms. The number of imide groups is 1. The standard InChI is InChI=1S/C20H17ClFN3O2/c21-14-8-7-13(11-15(14)22)25-19(26)16-17(12-5-2-1-3-6-12)23-9-4-10-24(23)18(16)20(25)27/h1-3,5-8,11,16-18H,4,9-10H2/t16-,17+,18-/m0/s1. The number of hydrazine groups is 1. The fraction of sp³-hybridized carbons (Fsp3) is 0.300. The van der Waals surface area contributed by atoms with E-state index in [9.17, 15) is 14.0 Å². The van der Waals surface area contributed by atoms with Crippen LogP contribution in [0.25, 0.3) is 0 Å². The third kappa shape index (κ3) is 2.37. The van der Waals surface area contributed by atoms with Crippen molar-refractivity contribution in [3.05, 3.63) is 64.9 Å². The van der Waals surface area contributed by atoms with E-state index in [0.29, 0.717) is 0 Å². The third-order valence-electron chi connectivity index (χ3n) is 5.71. The molecule has 3 heterocycles. The molecule has 3 atom stereocenters. The van der Waals surface area contributed by atoms with E-state index in [-0.39, 0.29) is 28.6 Å². The number of fused-ring (bicyclic) bond motifs is 3. The van der Waals surface area contributed by atoms with Gasteiger partial charge in [0.05, 0.1) is 22.7 Å². The Kier molecular flexibility index (Phi) is 3.82. The van der Waals surface area contributed by atoms with Gasteiger partial charge in [-0.2, -0.15) is 0 Å². The number of nitrogens with zero attached hydrogens (tertiary/aromatic N) is 3. The van der Waals surface area contributed by atoms with Gasteiger partial charge in [-0.05, 0) is 30.2 Å². The molecule has 3 saturated heterocycles. The van der Waals surface area contributed by atoms with Crippen LogP contribution in [0.15, 0.2) is 48.5 Å². The minimum atomic E-state index is -0.644. The molecule has 7 heteroatoms. The summed E-state index contributed by atoms with van der Waals surface area (Å²) in [7, 11) is 0. The zero-order chi connectivity index (χ0) is 18.7. The van der Waals surface area contributed by atoms with Crippen molar-refractivity contribution in [2.45, 2.75) is 18.5 Å². The first-order chi connectivity index (χ1) is 13.1. The molecule has 0 saturated carbocycles. The van der Waals surface area contributed by atoms with E-state index in [2.05, 4.69) is 5.01 Å². The van der Waals surface area contributed by atoms with Crippen molar-refractivity contribution in [1.29, 1.82) is 0 Å². The Bertz CT molecular complexity index is 938. The zero-order valence-electron chi connectivity index (χ0n) is 14.4. The van der Waals surface area contributed by atoms with Crippen molar-refractivity contribution >= 4 is 29.1 Å². The van der Waals surface area contributed by atoms with E-state index in [1.165, 1.54) is 12.1 Å². The number of anilines is 1. The van der Waals surface area contributed by atoms with Gasteiger partial charge in [-0.25, -0.2) is 19.3 Å². The van der Waals surface area contributed by atoms with Crippen LogP contribution in [-0.4, -0.2) is 41.0 Å². The number of hydrogen-bond donors (Lipinski definition) is 0. The van der Waals surface area contributed by atoms with E-state index in [4.69, 9.17) is 11.6 Å². The number of rotatable bonds is 2. The van der Waals surface area contributed by atoms with Crippen molar-refractivity contribution in [3.8, 4) is 0 Å². The van der Waals surface area contributed by atoms with Crippen LogP contribution >= 0.6 is 11.6 Å². The molecule has 138 valence electrons. The van der Waals surface area contributed by atoms with Gasteiger partial charge in [0.15, 0.2) is 0 Å². The second-order valence-electron chi connectivity index (χ2n) is 7.12. The fourth-order valence-electron chi connectivity index (χ4n) is 4.64. The second-order valence-corrected chi connectivity index (χ2v) is 7.52. The predicted molar refractivity (Wildman–Crippen MR) is 98.4 cm³/mol. The molecule has 0 radical (unpaired) electrons. The lowest BCUT2D eigenvalue weighted by Crippen LogP contribution is -2.44. The highest BCUT2D eigenvalue weighted by Crippen LogP contribution is 2.48. The van der Waals surface area contributed by atoms with Crippen LogP contribution in [0.5, 0.6) is 0 Å². The minimum Gasteiger partial charge on any atom is -0.274 e. The normalized spacial score (nSPS) is 28.1. The molecule has 2 amide bonds. The van der Waals surface area contributed by atoms with Crippen LogP contribution < -0.4 is 4.90 Å². The maximum atomic E-state index is 13.9. The van der Waals surface area contributed by atoms with Gasteiger partial charge in [-0.15, -0.1) is 0 Å². The Balaban J connectivity index is 1.59. The fourth-order valence-corrected chi connectivity index (χ4v) is 4.76. The Morgan fingerprint density at radius 1 is 0.926 bits per heavy atom.